The highest BCUT2D eigenvalue weighted by atomic mass is 16.3. The fourth-order valence-electron chi connectivity index (χ4n) is 1.34. The second kappa shape index (κ2) is 4.09. The standard InChI is InChI=1S/C10H12N2O2/c1-6-3-2-4-7(12)9(6)10(14)8(13)5-11/h2-4,8,10,13-14H,12H2,1H3. The number of hydrogen-bond donors (Lipinski definition) is 3. The minimum Gasteiger partial charge on any atom is -0.398 e. The molecule has 0 heterocycles. The molecule has 2 unspecified atom stereocenters. The van der Waals surface area contributed by atoms with Gasteiger partial charge in [-0.3, -0.25) is 0 Å². The first-order valence-electron chi connectivity index (χ1n) is 4.18. The summed E-state index contributed by atoms with van der Waals surface area (Å²) in [5, 5.41) is 27.2. The van der Waals surface area contributed by atoms with Crippen molar-refractivity contribution in [1.29, 1.82) is 5.26 Å². The van der Waals surface area contributed by atoms with E-state index in [2.05, 4.69) is 0 Å². The van der Waals surface area contributed by atoms with Gasteiger partial charge in [-0.05, 0) is 18.6 Å². The number of anilines is 1. The number of nitrogens with zero attached hydrogens (tertiary/aromatic N) is 1. The number of nitrogen functional groups attached to an aromatic ring is 1. The summed E-state index contributed by atoms with van der Waals surface area (Å²) >= 11 is 0. The molecule has 0 bridgehead atoms. The van der Waals surface area contributed by atoms with Crippen molar-refractivity contribution < 1.29 is 10.2 Å². The van der Waals surface area contributed by atoms with Gasteiger partial charge in [0.2, 0.25) is 0 Å². The van der Waals surface area contributed by atoms with E-state index in [0.717, 1.165) is 5.56 Å². The molecule has 2 atom stereocenters. The molecule has 0 spiro atoms. The SMILES string of the molecule is Cc1cccc(N)c1C(O)C(O)C#N. The summed E-state index contributed by atoms with van der Waals surface area (Å²) < 4.78 is 0. The van der Waals surface area contributed by atoms with Crippen molar-refractivity contribution in [3.8, 4) is 6.07 Å². The highest BCUT2D eigenvalue weighted by Crippen LogP contribution is 2.26. The molecule has 0 aromatic heterocycles. The molecule has 1 aromatic carbocycles. The molecule has 0 saturated heterocycles. The van der Waals surface area contributed by atoms with Gasteiger partial charge in [0.05, 0.1) is 6.07 Å². The average molecular weight is 192 g/mol. The predicted octanol–water partition coefficient (Wildman–Crippen LogP) is 0.495. The van der Waals surface area contributed by atoms with E-state index < -0.39 is 12.2 Å². The molecular weight excluding hydrogens is 180 g/mol. The van der Waals surface area contributed by atoms with Crippen LogP contribution in [0.1, 0.15) is 17.2 Å². The van der Waals surface area contributed by atoms with Crippen LogP contribution < -0.4 is 5.73 Å². The van der Waals surface area contributed by atoms with Gasteiger partial charge in [0.1, 0.15) is 6.10 Å². The van der Waals surface area contributed by atoms with Crippen LogP contribution in [-0.2, 0) is 0 Å². The minimum atomic E-state index is -1.45. The molecule has 14 heavy (non-hydrogen) atoms. The summed E-state index contributed by atoms with van der Waals surface area (Å²) in [6, 6.07) is 6.70. The Kier molecular flexibility index (Phi) is 3.07. The predicted molar refractivity (Wildman–Crippen MR) is 52.2 cm³/mol. The van der Waals surface area contributed by atoms with Crippen molar-refractivity contribution >= 4 is 5.69 Å². The van der Waals surface area contributed by atoms with Crippen LogP contribution in [0.4, 0.5) is 5.69 Å². The van der Waals surface area contributed by atoms with Crippen molar-refractivity contribution in [3.63, 3.8) is 0 Å². The number of benzene rings is 1. The molecule has 0 amide bonds. The van der Waals surface area contributed by atoms with E-state index in [1.54, 1.807) is 31.2 Å². The molecule has 0 aliphatic carbocycles. The topological polar surface area (TPSA) is 90.3 Å². The zero-order chi connectivity index (χ0) is 10.7. The van der Waals surface area contributed by atoms with Crippen LogP contribution in [-0.4, -0.2) is 16.3 Å². The average Bonchev–Trinajstić information content (AvgIpc) is 2.16. The number of aliphatic hydroxyl groups is 2. The summed E-state index contributed by atoms with van der Waals surface area (Å²) in [5.41, 5.74) is 7.19. The first-order valence-corrected chi connectivity index (χ1v) is 4.18. The zero-order valence-corrected chi connectivity index (χ0v) is 7.81. The lowest BCUT2D eigenvalue weighted by atomic mass is 9.98. The van der Waals surface area contributed by atoms with E-state index in [1.165, 1.54) is 0 Å². The lowest BCUT2D eigenvalue weighted by molar-refractivity contribution is 0.0528. The van der Waals surface area contributed by atoms with Crippen molar-refractivity contribution in [2.24, 2.45) is 0 Å². The largest absolute Gasteiger partial charge is 0.398 e. The van der Waals surface area contributed by atoms with E-state index in [1.807, 2.05) is 0 Å². The summed E-state index contributed by atoms with van der Waals surface area (Å²) in [6.07, 6.45) is -2.69. The molecule has 1 aromatic rings. The molecule has 0 saturated carbocycles. The molecule has 0 radical (unpaired) electrons. The Hall–Kier alpha value is -1.57. The Bertz CT molecular complexity index is 351. The van der Waals surface area contributed by atoms with E-state index in [9.17, 15) is 5.11 Å². The number of aryl methyl sites for hydroxylation is 1. The van der Waals surface area contributed by atoms with Crippen LogP contribution in [0.3, 0.4) is 0 Å². The van der Waals surface area contributed by atoms with Crippen LogP contribution in [0.5, 0.6) is 0 Å². The molecule has 0 aliphatic rings. The molecule has 0 aliphatic heterocycles. The summed E-state index contributed by atoms with van der Waals surface area (Å²) in [7, 11) is 0. The maximum Gasteiger partial charge on any atom is 0.170 e. The first kappa shape index (κ1) is 10.5. The van der Waals surface area contributed by atoms with E-state index in [0.29, 0.717) is 11.3 Å². The number of hydrogen-bond acceptors (Lipinski definition) is 4. The molecular formula is C10H12N2O2. The van der Waals surface area contributed by atoms with Gasteiger partial charge in [-0.1, -0.05) is 12.1 Å². The fraction of sp³-hybridized carbons (Fsp3) is 0.300. The first-order chi connectivity index (χ1) is 6.57. The van der Waals surface area contributed by atoms with Crippen molar-refractivity contribution in [2.45, 2.75) is 19.1 Å². The number of nitrogens with two attached hydrogens (primary N) is 1. The van der Waals surface area contributed by atoms with E-state index >= 15 is 0 Å². The highest BCUT2D eigenvalue weighted by Gasteiger charge is 2.21. The third-order valence-corrected chi connectivity index (χ3v) is 2.08. The normalized spacial score (nSPS) is 14.4. The molecule has 4 heteroatoms. The van der Waals surface area contributed by atoms with Gasteiger partial charge in [-0.25, -0.2) is 0 Å². The second-order valence-electron chi connectivity index (χ2n) is 3.10. The van der Waals surface area contributed by atoms with Gasteiger partial charge in [-0.15, -0.1) is 0 Å². The summed E-state index contributed by atoms with van der Waals surface area (Å²) in [4.78, 5) is 0. The number of nitriles is 1. The van der Waals surface area contributed by atoms with Crippen molar-refractivity contribution in [1.82, 2.24) is 0 Å². The zero-order valence-electron chi connectivity index (χ0n) is 7.81. The van der Waals surface area contributed by atoms with E-state index in [-0.39, 0.29) is 0 Å². The third-order valence-electron chi connectivity index (χ3n) is 2.08. The van der Waals surface area contributed by atoms with Crippen LogP contribution in [0.2, 0.25) is 0 Å². The Morgan fingerprint density at radius 3 is 2.57 bits per heavy atom. The van der Waals surface area contributed by atoms with E-state index in [4.69, 9.17) is 16.1 Å². The lowest BCUT2D eigenvalue weighted by Gasteiger charge is -2.16. The van der Waals surface area contributed by atoms with Gasteiger partial charge in [0, 0.05) is 11.3 Å². The lowest BCUT2D eigenvalue weighted by Crippen LogP contribution is -2.18. The van der Waals surface area contributed by atoms with Gasteiger partial charge in [0.25, 0.3) is 0 Å². The van der Waals surface area contributed by atoms with Crippen LogP contribution >= 0.6 is 0 Å². The molecule has 0 fully saturated rings. The van der Waals surface area contributed by atoms with Crippen molar-refractivity contribution in [3.05, 3.63) is 29.3 Å². The minimum absolute atomic E-state index is 0.381. The molecule has 1 rings (SSSR count). The quantitative estimate of drug-likeness (QED) is 0.470. The molecule has 4 nitrogen and oxygen atoms in total. The fourth-order valence-corrected chi connectivity index (χ4v) is 1.34. The Morgan fingerprint density at radius 2 is 2.07 bits per heavy atom. The molecule has 74 valence electrons. The maximum absolute atomic E-state index is 9.60. The Labute approximate surface area is 82.2 Å². The third kappa shape index (κ3) is 1.84. The Morgan fingerprint density at radius 1 is 1.43 bits per heavy atom. The number of aliphatic hydroxyl groups excluding tert-OH is 2. The summed E-state index contributed by atoms with van der Waals surface area (Å²) in [5.74, 6) is 0. The highest BCUT2D eigenvalue weighted by molar-refractivity contribution is 5.52. The van der Waals surface area contributed by atoms with Crippen molar-refractivity contribution in [2.75, 3.05) is 5.73 Å². The van der Waals surface area contributed by atoms with Gasteiger partial charge in [0.15, 0.2) is 6.10 Å². The smallest absolute Gasteiger partial charge is 0.170 e. The maximum atomic E-state index is 9.60. The molecule has 4 N–H and O–H groups in total. The Balaban J connectivity index is 3.13. The second-order valence-corrected chi connectivity index (χ2v) is 3.10. The van der Waals surface area contributed by atoms with Gasteiger partial charge >= 0.3 is 0 Å². The number of rotatable bonds is 2. The van der Waals surface area contributed by atoms with Gasteiger partial charge in [-0.2, -0.15) is 5.26 Å². The summed E-state index contributed by atoms with van der Waals surface area (Å²) in [6.45, 7) is 1.76. The van der Waals surface area contributed by atoms with Crippen LogP contribution in [0, 0.1) is 18.3 Å². The van der Waals surface area contributed by atoms with Gasteiger partial charge < -0.3 is 15.9 Å². The van der Waals surface area contributed by atoms with Crippen LogP contribution in [0.25, 0.3) is 0 Å². The van der Waals surface area contributed by atoms with Crippen LogP contribution in [0.15, 0.2) is 18.2 Å². The monoisotopic (exact) mass is 192 g/mol.